The summed E-state index contributed by atoms with van der Waals surface area (Å²) in [5.74, 6) is -1.22. The molecule has 3 aromatic carbocycles. The predicted molar refractivity (Wildman–Crippen MR) is 138 cm³/mol. The summed E-state index contributed by atoms with van der Waals surface area (Å²) >= 11 is 15.4. The fourth-order valence-corrected chi connectivity index (χ4v) is 4.30. The summed E-state index contributed by atoms with van der Waals surface area (Å²) in [6, 6.07) is 11.8. The van der Waals surface area contributed by atoms with Crippen LogP contribution in [0.2, 0.25) is 10.0 Å². The normalized spacial score (nSPS) is 13.3. The summed E-state index contributed by atoms with van der Waals surface area (Å²) < 4.78 is 39.7. The Morgan fingerprint density at radius 1 is 1.00 bits per heavy atom. The molecule has 7 nitrogen and oxygen atoms in total. The van der Waals surface area contributed by atoms with E-state index >= 15 is 0 Å². The van der Waals surface area contributed by atoms with Gasteiger partial charge in [0.05, 0.1) is 27.3 Å². The van der Waals surface area contributed by atoms with Gasteiger partial charge in [-0.15, -0.1) is 0 Å². The van der Waals surface area contributed by atoms with E-state index in [1.807, 2.05) is 12.1 Å². The van der Waals surface area contributed by atoms with Gasteiger partial charge >= 0.3 is 12.1 Å². The number of carbonyl (C=O) groups is 1. The molecule has 0 bridgehead atoms. The van der Waals surface area contributed by atoms with Gasteiger partial charge in [0.25, 0.3) is 0 Å². The van der Waals surface area contributed by atoms with Gasteiger partial charge in [-0.1, -0.05) is 47.5 Å². The molecule has 5 aromatic rings. The zero-order valence-electron chi connectivity index (χ0n) is 18.7. The average Bonchev–Trinajstić information content (AvgIpc) is 3.45. The molecule has 13 heteroatoms. The van der Waals surface area contributed by atoms with Crippen LogP contribution in [0.4, 0.5) is 13.2 Å². The number of hydrogen-bond donors (Lipinski definition) is 4. The number of aromatic amines is 2. The molecule has 0 saturated heterocycles. The van der Waals surface area contributed by atoms with E-state index in [4.69, 9.17) is 28.3 Å². The first kappa shape index (κ1) is 26.9. The maximum absolute atomic E-state index is 12.9. The molecule has 0 aliphatic heterocycles. The lowest BCUT2D eigenvalue weighted by Gasteiger charge is -2.26. The molecule has 0 fully saturated rings. The third kappa shape index (κ3) is 5.30. The van der Waals surface area contributed by atoms with E-state index in [2.05, 4.69) is 36.3 Å². The molecule has 192 valence electrons. The Kier molecular flexibility index (Phi) is 7.26. The third-order valence-electron chi connectivity index (χ3n) is 5.64. The van der Waals surface area contributed by atoms with Gasteiger partial charge in [-0.25, -0.2) is 4.79 Å². The van der Waals surface area contributed by atoms with Crippen molar-refractivity contribution in [2.45, 2.75) is 18.7 Å². The van der Waals surface area contributed by atoms with E-state index in [1.165, 1.54) is 24.3 Å². The number of nitrogens with one attached hydrogen (secondary N) is 2. The molecule has 0 radical (unpaired) electrons. The van der Waals surface area contributed by atoms with Crippen LogP contribution in [0.3, 0.4) is 0 Å². The Labute approximate surface area is 225 Å². The third-order valence-corrected chi connectivity index (χ3v) is 7.15. The van der Waals surface area contributed by atoms with Gasteiger partial charge < -0.3 is 10.2 Å². The van der Waals surface area contributed by atoms with Crippen molar-refractivity contribution >= 4 is 66.9 Å². The van der Waals surface area contributed by atoms with Gasteiger partial charge in [0.1, 0.15) is 0 Å². The van der Waals surface area contributed by atoms with E-state index in [9.17, 15) is 23.1 Å². The van der Waals surface area contributed by atoms with E-state index in [1.54, 1.807) is 6.20 Å². The number of aromatic nitrogens is 4. The second-order valence-corrected chi connectivity index (χ2v) is 9.79. The lowest BCUT2D eigenvalue weighted by Crippen LogP contribution is -2.39. The Hall–Kier alpha value is -3.12. The molecular weight excluding hydrogens is 600 g/mol. The summed E-state index contributed by atoms with van der Waals surface area (Å²) in [7, 11) is 0. The zero-order chi connectivity index (χ0) is 27.1. The number of rotatable bonds is 3. The first-order valence-electron chi connectivity index (χ1n) is 10.4. The number of alkyl halides is 3. The number of hydrogen-bond acceptors (Lipinski definition) is 4. The summed E-state index contributed by atoms with van der Waals surface area (Å²) in [5.41, 5.74) is -1.21. The molecular formula is C24H16BrCl2F3N4O3. The highest BCUT2D eigenvalue weighted by Gasteiger charge is 2.51. The van der Waals surface area contributed by atoms with Gasteiger partial charge in [0.2, 0.25) is 0 Å². The lowest BCUT2D eigenvalue weighted by atomic mass is 9.93. The number of aliphatic hydroxyl groups is 1. The van der Waals surface area contributed by atoms with Crippen LogP contribution < -0.4 is 0 Å². The van der Waals surface area contributed by atoms with Crippen molar-refractivity contribution in [3.8, 4) is 11.1 Å². The molecule has 0 aliphatic carbocycles. The minimum Gasteiger partial charge on any atom is -0.476 e. The van der Waals surface area contributed by atoms with Crippen molar-refractivity contribution in [1.82, 2.24) is 20.4 Å². The molecule has 2 aromatic heterocycles. The number of benzene rings is 3. The smallest absolute Gasteiger partial charge is 0.421 e. The average molecular weight is 616 g/mol. The van der Waals surface area contributed by atoms with Crippen LogP contribution in [-0.4, -0.2) is 42.8 Å². The van der Waals surface area contributed by atoms with Gasteiger partial charge in [-0.05, 0) is 58.2 Å². The number of fused-ring (bicyclic) bond motifs is 2. The van der Waals surface area contributed by atoms with Crippen molar-refractivity contribution in [3.05, 3.63) is 80.5 Å². The molecule has 0 aliphatic rings. The van der Waals surface area contributed by atoms with Crippen LogP contribution >= 0.6 is 39.1 Å². The standard InChI is InChI=1S/C17H12ClF3N2O3.C7H4BrClN2/c1-16(26,17(19,20)21)9-4-2-8(3-5-9)10-6-11-13(7-12(10)18)22-23-14(11)15(24)25;8-5-1-4-3-10-11-7(4)2-6(5)9/h2-7,26H,1H3,(H,22,23)(H,24,25);1-3H,(H,10,11). The van der Waals surface area contributed by atoms with Crippen molar-refractivity contribution < 1.29 is 28.2 Å². The van der Waals surface area contributed by atoms with Crippen LogP contribution in [0.25, 0.3) is 32.9 Å². The first-order valence-corrected chi connectivity index (χ1v) is 11.9. The first-order chi connectivity index (χ1) is 17.3. The summed E-state index contributed by atoms with van der Waals surface area (Å²) in [6.45, 7) is 0.672. The van der Waals surface area contributed by atoms with Crippen LogP contribution in [0.5, 0.6) is 0 Å². The van der Waals surface area contributed by atoms with Crippen LogP contribution in [0.15, 0.2) is 59.2 Å². The number of aromatic carboxylic acids is 1. The molecule has 2 heterocycles. The van der Waals surface area contributed by atoms with Gasteiger partial charge in [0.15, 0.2) is 11.3 Å². The summed E-state index contributed by atoms with van der Waals surface area (Å²) in [6.07, 6.45) is -3.06. The molecule has 0 amide bonds. The quantitative estimate of drug-likeness (QED) is 0.170. The van der Waals surface area contributed by atoms with E-state index < -0.39 is 17.7 Å². The number of H-pyrrole nitrogens is 2. The highest BCUT2D eigenvalue weighted by atomic mass is 79.9. The molecule has 0 spiro atoms. The minimum atomic E-state index is -4.82. The number of halogens is 6. The second-order valence-electron chi connectivity index (χ2n) is 8.13. The van der Waals surface area contributed by atoms with Crippen LogP contribution in [-0.2, 0) is 5.60 Å². The van der Waals surface area contributed by atoms with Gasteiger partial charge in [-0.3, -0.25) is 10.2 Å². The minimum absolute atomic E-state index is 0.186. The van der Waals surface area contributed by atoms with E-state index in [0.29, 0.717) is 34.0 Å². The lowest BCUT2D eigenvalue weighted by molar-refractivity contribution is -0.258. The zero-order valence-corrected chi connectivity index (χ0v) is 21.8. The molecule has 1 atom stereocenters. The second kappa shape index (κ2) is 9.97. The predicted octanol–water partition coefficient (Wildman–Crippen LogP) is 7.33. The number of nitrogens with zero attached hydrogens (tertiary/aromatic N) is 2. The Bertz CT molecular complexity index is 1580. The fourth-order valence-electron chi connectivity index (χ4n) is 3.50. The highest BCUT2D eigenvalue weighted by molar-refractivity contribution is 9.10. The largest absolute Gasteiger partial charge is 0.476 e. The molecule has 37 heavy (non-hydrogen) atoms. The highest BCUT2D eigenvalue weighted by Crippen LogP contribution is 2.40. The van der Waals surface area contributed by atoms with E-state index in [0.717, 1.165) is 27.5 Å². The van der Waals surface area contributed by atoms with Gasteiger partial charge in [-0.2, -0.15) is 23.4 Å². The molecule has 5 rings (SSSR count). The summed E-state index contributed by atoms with van der Waals surface area (Å²) in [5, 5.41) is 34.2. The van der Waals surface area contributed by atoms with Crippen molar-refractivity contribution in [2.24, 2.45) is 0 Å². The van der Waals surface area contributed by atoms with Crippen LogP contribution in [0.1, 0.15) is 23.0 Å². The Morgan fingerprint density at radius 2 is 1.65 bits per heavy atom. The van der Waals surface area contributed by atoms with Crippen molar-refractivity contribution in [1.29, 1.82) is 0 Å². The number of carboxylic acids is 1. The monoisotopic (exact) mass is 614 g/mol. The maximum Gasteiger partial charge on any atom is 0.421 e. The topological polar surface area (TPSA) is 115 Å². The fraction of sp³-hybridized carbons (Fsp3) is 0.125. The SMILES string of the molecule is CC(O)(c1ccc(-c2cc3c(C(=O)O)n[nH]c3cc2Cl)cc1)C(F)(F)F.Clc1cc2[nH]ncc2cc1Br. The summed E-state index contributed by atoms with van der Waals surface area (Å²) in [4.78, 5) is 11.2. The molecule has 4 N–H and O–H groups in total. The van der Waals surface area contributed by atoms with E-state index in [-0.39, 0.29) is 16.3 Å². The Morgan fingerprint density at radius 3 is 2.27 bits per heavy atom. The molecule has 0 saturated carbocycles. The van der Waals surface area contributed by atoms with Crippen molar-refractivity contribution in [3.63, 3.8) is 0 Å². The van der Waals surface area contributed by atoms with Crippen LogP contribution in [0, 0.1) is 0 Å². The van der Waals surface area contributed by atoms with Gasteiger partial charge in [0, 0.05) is 20.8 Å². The maximum atomic E-state index is 12.9. The Balaban J connectivity index is 0.000000241. The number of carboxylic acid groups (broad SMARTS) is 1. The molecule has 1 unspecified atom stereocenters. The van der Waals surface area contributed by atoms with Crippen molar-refractivity contribution in [2.75, 3.05) is 0 Å².